The molecule has 3 aliphatic rings. The molecule has 150 valence electrons. The standard InChI is InChI=1S/C22H23N3O4/c1-21-11-22(12-21,13-29-21)18-10-25-9-14(23-20(28-3)19(25)24-18)8-16(26)15-6-4-5-7-17(15)27-2/h4-7,9-10H,8,11-13H2,1-3H3. The Kier molecular flexibility index (Phi) is 3.93. The van der Waals surface area contributed by atoms with Gasteiger partial charge in [0.25, 0.3) is 5.88 Å². The normalized spacial score (nSPS) is 25.1. The number of imidazole rings is 1. The lowest BCUT2D eigenvalue weighted by atomic mass is 9.62. The van der Waals surface area contributed by atoms with Gasteiger partial charge in [-0.2, -0.15) is 0 Å². The van der Waals surface area contributed by atoms with Gasteiger partial charge in [-0.1, -0.05) is 12.1 Å². The largest absolute Gasteiger partial charge is 0.496 e. The maximum Gasteiger partial charge on any atom is 0.258 e. The summed E-state index contributed by atoms with van der Waals surface area (Å²) in [5.74, 6) is 0.914. The molecule has 0 radical (unpaired) electrons. The first-order valence-electron chi connectivity index (χ1n) is 9.69. The Hall–Kier alpha value is -2.93. The SMILES string of the molecule is COc1ccccc1C(=O)Cc1cn2cc(C34COC(C)(C3)C4)nc2c(OC)n1. The predicted molar refractivity (Wildman–Crippen MR) is 106 cm³/mol. The van der Waals surface area contributed by atoms with E-state index in [0.29, 0.717) is 35.1 Å². The number of aromatic nitrogens is 3. The topological polar surface area (TPSA) is 75.0 Å². The molecular formula is C22H23N3O4. The van der Waals surface area contributed by atoms with E-state index in [1.807, 2.05) is 28.9 Å². The number of methoxy groups -OCH3 is 2. The third-order valence-corrected chi connectivity index (χ3v) is 6.06. The zero-order valence-electron chi connectivity index (χ0n) is 16.8. The monoisotopic (exact) mass is 393 g/mol. The zero-order valence-corrected chi connectivity index (χ0v) is 16.8. The van der Waals surface area contributed by atoms with Gasteiger partial charge in [-0.05, 0) is 31.9 Å². The second-order valence-corrected chi connectivity index (χ2v) is 8.27. The van der Waals surface area contributed by atoms with Gasteiger partial charge in [0, 0.05) is 17.8 Å². The van der Waals surface area contributed by atoms with Crippen LogP contribution in [0.1, 0.15) is 41.5 Å². The van der Waals surface area contributed by atoms with Crippen molar-refractivity contribution in [1.82, 2.24) is 14.4 Å². The van der Waals surface area contributed by atoms with E-state index in [0.717, 1.165) is 18.5 Å². The molecule has 2 saturated heterocycles. The maximum atomic E-state index is 12.8. The van der Waals surface area contributed by atoms with Crippen molar-refractivity contribution >= 4 is 11.4 Å². The Labute approximate surface area is 168 Å². The highest BCUT2D eigenvalue weighted by molar-refractivity contribution is 5.99. The van der Waals surface area contributed by atoms with Gasteiger partial charge >= 0.3 is 0 Å². The van der Waals surface area contributed by atoms with E-state index >= 15 is 0 Å². The van der Waals surface area contributed by atoms with Gasteiger partial charge in [-0.15, -0.1) is 0 Å². The van der Waals surface area contributed by atoms with Crippen LogP contribution in [0, 0.1) is 0 Å². The van der Waals surface area contributed by atoms with Gasteiger partial charge in [0.15, 0.2) is 5.78 Å². The fraction of sp³-hybridized carbons (Fsp3) is 0.409. The molecule has 2 aliphatic heterocycles. The molecule has 1 saturated carbocycles. The highest BCUT2D eigenvalue weighted by Gasteiger charge is 2.61. The van der Waals surface area contributed by atoms with E-state index in [1.54, 1.807) is 26.4 Å². The highest BCUT2D eigenvalue weighted by atomic mass is 16.5. The summed E-state index contributed by atoms with van der Waals surface area (Å²) in [5.41, 5.74) is 2.79. The number of Topliss-reactive ketones (excluding diaryl/α,β-unsaturated/α-hetero) is 1. The van der Waals surface area contributed by atoms with Crippen molar-refractivity contribution in [3.8, 4) is 11.6 Å². The minimum atomic E-state index is -0.0609. The Morgan fingerprint density at radius 3 is 2.66 bits per heavy atom. The predicted octanol–water partition coefficient (Wildman–Crippen LogP) is 2.99. The van der Waals surface area contributed by atoms with Crippen molar-refractivity contribution < 1.29 is 19.0 Å². The summed E-state index contributed by atoms with van der Waals surface area (Å²) >= 11 is 0. The van der Waals surface area contributed by atoms with Crippen LogP contribution in [-0.2, 0) is 16.6 Å². The number of para-hydroxylation sites is 1. The van der Waals surface area contributed by atoms with Crippen molar-refractivity contribution in [2.24, 2.45) is 0 Å². The number of rotatable bonds is 6. The van der Waals surface area contributed by atoms with E-state index in [9.17, 15) is 4.79 Å². The fourth-order valence-electron chi connectivity index (χ4n) is 4.78. The summed E-state index contributed by atoms with van der Waals surface area (Å²) in [6.45, 7) is 2.85. The molecule has 29 heavy (non-hydrogen) atoms. The van der Waals surface area contributed by atoms with E-state index < -0.39 is 0 Å². The Bertz CT molecular complexity index is 1110. The average Bonchev–Trinajstić information content (AvgIpc) is 3.38. The number of fused-ring (bicyclic) bond motifs is 2. The quantitative estimate of drug-likeness (QED) is 0.600. The van der Waals surface area contributed by atoms with E-state index in [1.165, 1.54) is 0 Å². The lowest BCUT2D eigenvalue weighted by Gasteiger charge is -2.41. The molecule has 6 rings (SSSR count). The van der Waals surface area contributed by atoms with Crippen LogP contribution < -0.4 is 9.47 Å². The van der Waals surface area contributed by atoms with Gasteiger partial charge in [-0.25, -0.2) is 9.97 Å². The molecule has 2 aromatic heterocycles. The van der Waals surface area contributed by atoms with Crippen LogP contribution >= 0.6 is 0 Å². The molecule has 0 spiro atoms. The lowest BCUT2D eigenvalue weighted by molar-refractivity contribution is 0.0154. The van der Waals surface area contributed by atoms with Crippen LogP contribution in [0.3, 0.4) is 0 Å². The first kappa shape index (κ1) is 18.1. The molecule has 0 amide bonds. The Morgan fingerprint density at radius 1 is 1.17 bits per heavy atom. The second-order valence-electron chi connectivity index (χ2n) is 8.27. The molecule has 7 nitrogen and oxygen atoms in total. The molecule has 3 fully saturated rings. The second kappa shape index (κ2) is 6.29. The van der Waals surface area contributed by atoms with Crippen molar-refractivity contribution in [2.45, 2.75) is 37.2 Å². The zero-order chi connectivity index (χ0) is 20.2. The van der Waals surface area contributed by atoms with Crippen molar-refractivity contribution in [1.29, 1.82) is 0 Å². The molecule has 4 heterocycles. The number of carbonyl (C=O) groups is 1. The molecule has 2 bridgehead atoms. The average molecular weight is 393 g/mol. The molecule has 7 heteroatoms. The van der Waals surface area contributed by atoms with Gasteiger partial charge in [0.05, 0.1) is 49.8 Å². The summed E-state index contributed by atoms with van der Waals surface area (Å²) in [7, 11) is 3.13. The molecule has 1 aliphatic carbocycles. The van der Waals surface area contributed by atoms with Crippen molar-refractivity contribution in [3.63, 3.8) is 0 Å². The van der Waals surface area contributed by atoms with Crippen molar-refractivity contribution in [2.75, 3.05) is 20.8 Å². The third-order valence-electron chi connectivity index (χ3n) is 6.06. The summed E-state index contributed by atoms with van der Waals surface area (Å²) in [6, 6.07) is 7.21. The maximum absolute atomic E-state index is 12.8. The smallest absolute Gasteiger partial charge is 0.258 e. The fourth-order valence-corrected chi connectivity index (χ4v) is 4.78. The summed E-state index contributed by atoms with van der Waals surface area (Å²) < 4.78 is 18.6. The number of ketones is 1. The van der Waals surface area contributed by atoms with Crippen LogP contribution in [0.4, 0.5) is 0 Å². The number of carbonyl (C=O) groups excluding carboxylic acids is 1. The molecule has 0 atom stereocenters. The first-order valence-corrected chi connectivity index (χ1v) is 9.69. The highest BCUT2D eigenvalue weighted by Crippen LogP contribution is 2.58. The van der Waals surface area contributed by atoms with Crippen LogP contribution in [-0.4, -0.2) is 46.6 Å². The Morgan fingerprint density at radius 2 is 1.97 bits per heavy atom. The minimum absolute atomic E-state index is 0.00947. The van der Waals surface area contributed by atoms with E-state index in [-0.39, 0.29) is 23.2 Å². The summed E-state index contributed by atoms with van der Waals surface area (Å²) in [5, 5.41) is 0. The van der Waals surface area contributed by atoms with Gasteiger partial charge in [0.1, 0.15) is 5.75 Å². The molecule has 0 N–H and O–H groups in total. The summed E-state index contributed by atoms with van der Waals surface area (Å²) in [4.78, 5) is 22.2. The van der Waals surface area contributed by atoms with Crippen LogP contribution in [0.5, 0.6) is 11.6 Å². The minimum Gasteiger partial charge on any atom is -0.496 e. The molecule has 1 aromatic carbocycles. The molecular weight excluding hydrogens is 370 g/mol. The van der Waals surface area contributed by atoms with Crippen LogP contribution in [0.2, 0.25) is 0 Å². The number of ether oxygens (including phenoxy) is 3. The van der Waals surface area contributed by atoms with Gasteiger partial charge in [-0.3, -0.25) is 4.79 Å². The number of hydrogen-bond acceptors (Lipinski definition) is 6. The number of nitrogens with zero attached hydrogens (tertiary/aromatic N) is 3. The molecule has 3 aromatic rings. The van der Waals surface area contributed by atoms with Gasteiger partial charge in [0.2, 0.25) is 5.65 Å². The Balaban J connectivity index is 1.48. The van der Waals surface area contributed by atoms with Crippen molar-refractivity contribution in [3.05, 3.63) is 53.6 Å². The number of hydrogen-bond donors (Lipinski definition) is 0. The van der Waals surface area contributed by atoms with E-state index in [4.69, 9.17) is 19.2 Å². The number of benzene rings is 1. The van der Waals surface area contributed by atoms with E-state index in [2.05, 4.69) is 11.9 Å². The lowest BCUT2D eigenvalue weighted by Crippen LogP contribution is -2.45. The first-order chi connectivity index (χ1) is 14.0. The summed E-state index contributed by atoms with van der Waals surface area (Å²) in [6.07, 6.45) is 5.99. The van der Waals surface area contributed by atoms with Crippen LogP contribution in [0.15, 0.2) is 36.7 Å². The van der Waals surface area contributed by atoms with Crippen LogP contribution in [0.25, 0.3) is 5.65 Å². The third kappa shape index (κ3) is 2.80. The van der Waals surface area contributed by atoms with Gasteiger partial charge < -0.3 is 18.6 Å². The molecule has 0 unspecified atom stereocenters.